The molecule has 0 saturated carbocycles. The smallest absolute Gasteiger partial charge is 0.268 e. The number of carbonyl (C=O) groups excluding carboxylic acids is 2. The van der Waals surface area contributed by atoms with Gasteiger partial charge in [-0.2, -0.15) is 11.8 Å². The molecule has 0 aromatic carbocycles. The van der Waals surface area contributed by atoms with Crippen LogP contribution in [-0.4, -0.2) is 34.1 Å². The average molecular weight is 313 g/mol. The van der Waals surface area contributed by atoms with E-state index in [0.717, 1.165) is 34.6 Å². The van der Waals surface area contributed by atoms with Gasteiger partial charge in [-0.3, -0.25) is 14.5 Å². The first kappa shape index (κ1) is 14.7. The Balaban J connectivity index is 1.96. The van der Waals surface area contributed by atoms with Crippen LogP contribution >= 0.6 is 34.9 Å². The number of carbonyl (C=O) groups is 2. The van der Waals surface area contributed by atoms with E-state index in [1.807, 2.05) is 29.3 Å². The van der Waals surface area contributed by atoms with E-state index >= 15 is 0 Å². The summed E-state index contributed by atoms with van der Waals surface area (Å²) in [7, 11) is 0. The van der Waals surface area contributed by atoms with Gasteiger partial charge >= 0.3 is 0 Å². The van der Waals surface area contributed by atoms with Crippen LogP contribution in [0.3, 0.4) is 0 Å². The molecule has 1 aromatic rings. The van der Waals surface area contributed by atoms with Crippen LogP contribution in [0.5, 0.6) is 0 Å². The molecule has 3 nitrogen and oxygen atoms in total. The molecular weight excluding hydrogens is 298 g/mol. The first-order valence-electron chi connectivity index (χ1n) is 6.09. The lowest BCUT2D eigenvalue weighted by atomic mass is 10.3. The van der Waals surface area contributed by atoms with Crippen molar-refractivity contribution < 1.29 is 9.59 Å². The van der Waals surface area contributed by atoms with Crippen molar-refractivity contribution in [3.05, 3.63) is 27.3 Å². The standard InChI is InChI=1S/C13H15NO2S3/c1-2-17-7-4-6-14-12(15)11(19-13(14)16)9-10-5-3-8-18-10/h3,5,8-9H,2,4,6-7H2,1H3. The number of nitrogens with zero attached hydrogens (tertiary/aromatic N) is 1. The molecule has 1 aromatic heterocycles. The summed E-state index contributed by atoms with van der Waals surface area (Å²) in [4.78, 5) is 26.8. The van der Waals surface area contributed by atoms with Gasteiger partial charge in [-0.1, -0.05) is 13.0 Å². The maximum Gasteiger partial charge on any atom is 0.293 e. The second-order valence-electron chi connectivity index (χ2n) is 3.90. The fourth-order valence-electron chi connectivity index (χ4n) is 1.66. The molecule has 0 bridgehead atoms. The van der Waals surface area contributed by atoms with Crippen molar-refractivity contribution in [3.63, 3.8) is 0 Å². The minimum absolute atomic E-state index is 0.144. The fraction of sp³-hybridized carbons (Fsp3) is 0.385. The van der Waals surface area contributed by atoms with Crippen LogP contribution in [0, 0.1) is 0 Å². The van der Waals surface area contributed by atoms with E-state index in [1.54, 1.807) is 17.4 Å². The van der Waals surface area contributed by atoms with E-state index in [1.165, 1.54) is 4.90 Å². The van der Waals surface area contributed by atoms with Gasteiger partial charge in [0, 0.05) is 11.4 Å². The summed E-state index contributed by atoms with van der Waals surface area (Å²) in [6, 6.07) is 3.87. The van der Waals surface area contributed by atoms with Crippen molar-refractivity contribution in [1.29, 1.82) is 0 Å². The zero-order chi connectivity index (χ0) is 13.7. The number of rotatable bonds is 6. The molecule has 2 rings (SSSR count). The van der Waals surface area contributed by atoms with Crippen LogP contribution in [-0.2, 0) is 4.79 Å². The molecule has 2 heterocycles. The highest BCUT2D eigenvalue weighted by atomic mass is 32.2. The van der Waals surface area contributed by atoms with Crippen LogP contribution in [0.25, 0.3) is 6.08 Å². The quantitative estimate of drug-likeness (QED) is 0.589. The summed E-state index contributed by atoms with van der Waals surface area (Å²) >= 11 is 4.44. The predicted octanol–water partition coefficient (Wildman–Crippen LogP) is 3.93. The zero-order valence-corrected chi connectivity index (χ0v) is 13.1. The molecule has 0 aliphatic carbocycles. The third-order valence-electron chi connectivity index (χ3n) is 2.56. The normalized spacial score (nSPS) is 17.7. The van der Waals surface area contributed by atoms with Gasteiger partial charge in [0.15, 0.2) is 0 Å². The highest BCUT2D eigenvalue weighted by Crippen LogP contribution is 2.33. The van der Waals surface area contributed by atoms with Crippen LogP contribution < -0.4 is 0 Å². The summed E-state index contributed by atoms with van der Waals surface area (Å²) in [5, 5.41) is 1.81. The highest BCUT2D eigenvalue weighted by molar-refractivity contribution is 8.18. The lowest BCUT2D eigenvalue weighted by Crippen LogP contribution is -2.29. The van der Waals surface area contributed by atoms with Crippen LogP contribution in [0.1, 0.15) is 18.2 Å². The summed E-state index contributed by atoms with van der Waals surface area (Å²) < 4.78 is 0. The fourth-order valence-corrected chi connectivity index (χ4v) is 3.87. The Kier molecular flexibility index (Phi) is 5.54. The molecule has 6 heteroatoms. The Labute approximate surface area is 125 Å². The molecule has 1 aliphatic heterocycles. The van der Waals surface area contributed by atoms with E-state index in [0.29, 0.717) is 11.4 Å². The minimum atomic E-state index is -0.148. The van der Waals surface area contributed by atoms with Gasteiger partial charge in [-0.15, -0.1) is 11.3 Å². The molecule has 0 spiro atoms. The predicted molar refractivity (Wildman–Crippen MR) is 84.6 cm³/mol. The van der Waals surface area contributed by atoms with Crippen molar-refractivity contribution in [1.82, 2.24) is 4.90 Å². The maximum atomic E-state index is 12.1. The maximum absolute atomic E-state index is 12.1. The molecule has 2 amide bonds. The van der Waals surface area contributed by atoms with Gasteiger partial charge in [0.05, 0.1) is 4.91 Å². The second-order valence-corrected chi connectivity index (χ2v) is 7.27. The molecule has 0 atom stereocenters. The number of thioether (sulfide) groups is 2. The van der Waals surface area contributed by atoms with Crippen LogP contribution in [0.15, 0.2) is 22.4 Å². The van der Waals surface area contributed by atoms with Gasteiger partial charge in [0.2, 0.25) is 0 Å². The number of hydrogen-bond donors (Lipinski definition) is 0. The van der Waals surface area contributed by atoms with Crippen molar-refractivity contribution in [2.24, 2.45) is 0 Å². The van der Waals surface area contributed by atoms with E-state index in [9.17, 15) is 9.59 Å². The summed E-state index contributed by atoms with van der Waals surface area (Å²) in [6.45, 7) is 2.63. The van der Waals surface area contributed by atoms with Crippen molar-refractivity contribution >= 4 is 52.1 Å². The lowest BCUT2D eigenvalue weighted by molar-refractivity contribution is -0.122. The van der Waals surface area contributed by atoms with E-state index in [4.69, 9.17) is 0 Å². The first-order valence-corrected chi connectivity index (χ1v) is 8.94. The van der Waals surface area contributed by atoms with Crippen LogP contribution in [0.2, 0.25) is 0 Å². The van der Waals surface area contributed by atoms with E-state index < -0.39 is 0 Å². The molecule has 102 valence electrons. The Morgan fingerprint density at radius 1 is 1.42 bits per heavy atom. The lowest BCUT2D eigenvalue weighted by Gasteiger charge is -2.11. The van der Waals surface area contributed by atoms with Gasteiger partial charge in [0.1, 0.15) is 0 Å². The summed E-state index contributed by atoms with van der Waals surface area (Å²) in [5.41, 5.74) is 0. The van der Waals surface area contributed by atoms with Crippen molar-refractivity contribution in [2.45, 2.75) is 13.3 Å². The summed E-state index contributed by atoms with van der Waals surface area (Å²) in [6.07, 6.45) is 2.67. The van der Waals surface area contributed by atoms with Gasteiger partial charge in [-0.25, -0.2) is 0 Å². The van der Waals surface area contributed by atoms with Gasteiger partial charge in [0.25, 0.3) is 11.1 Å². The SMILES string of the molecule is CCSCCCN1C(=O)SC(=Cc2cccs2)C1=O. The zero-order valence-electron chi connectivity index (χ0n) is 10.6. The first-order chi connectivity index (χ1) is 9.22. The second kappa shape index (κ2) is 7.17. The Morgan fingerprint density at radius 2 is 2.26 bits per heavy atom. The molecule has 0 N–H and O–H groups in total. The van der Waals surface area contributed by atoms with E-state index in [-0.39, 0.29) is 11.1 Å². The highest BCUT2D eigenvalue weighted by Gasteiger charge is 2.34. The third kappa shape index (κ3) is 3.87. The van der Waals surface area contributed by atoms with Gasteiger partial charge in [-0.05, 0) is 47.2 Å². The Bertz CT molecular complexity index is 482. The van der Waals surface area contributed by atoms with Crippen molar-refractivity contribution in [2.75, 3.05) is 18.1 Å². The molecule has 1 fully saturated rings. The molecule has 1 aliphatic rings. The third-order valence-corrected chi connectivity index (χ3v) is 5.28. The topological polar surface area (TPSA) is 37.4 Å². The molecule has 0 unspecified atom stereocenters. The Morgan fingerprint density at radius 3 is 2.95 bits per heavy atom. The molecule has 19 heavy (non-hydrogen) atoms. The average Bonchev–Trinajstić information content (AvgIpc) is 2.98. The summed E-state index contributed by atoms with van der Waals surface area (Å²) in [5.74, 6) is 1.91. The van der Waals surface area contributed by atoms with Crippen molar-refractivity contribution in [3.8, 4) is 0 Å². The minimum Gasteiger partial charge on any atom is -0.268 e. The largest absolute Gasteiger partial charge is 0.293 e. The molecular formula is C13H15NO2S3. The number of hydrogen-bond acceptors (Lipinski definition) is 5. The number of thiophene rings is 1. The van der Waals surface area contributed by atoms with E-state index in [2.05, 4.69) is 6.92 Å². The number of imide groups is 1. The van der Waals surface area contributed by atoms with Gasteiger partial charge < -0.3 is 0 Å². The monoisotopic (exact) mass is 313 g/mol. The molecule has 1 saturated heterocycles. The van der Waals surface area contributed by atoms with Crippen LogP contribution in [0.4, 0.5) is 4.79 Å². The molecule has 0 radical (unpaired) electrons. The number of amides is 2. The Hall–Kier alpha value is -0.720.